The minimum absolute atomic E-state index is 0.161. The van der Waals surface area contributed by atoms with Gasteiger partial charge in [0.15, 0.2) is 6.61 Å². The molecule has 0 aliphatic rings. The van der Waals surface area contributed by atoms with Gasteiger partial charge in [0, 0.05) is 6.08 Å². The zero-order chi connectivity index (χ0) is 16.9. The number of nitrogens with zero attached hydrogens (tertiary/aromatic N) is 3. The molecule has 0 radical (unpaired) electrons. The van der Waals surface area contributed by atoms with E-state index in [4.69, 9.17) is 13.7 Å². The van der Waals surface area contributed by atoms with Crippen molar-refractivity contribution in [3.8, 4) is 10.7 Å². The third-order valence-electron chi connectivity index (χ3n) is 2.72. The maximum absolute atomic E-state index is 11.6. The predicted molar refractivity (Wildman–Crippen MR) is 81.8 cm³/mol. The molecule has 3 aromatic heterocycles. The Balaban J connectivity index is 1.53. The van der Waals surface area contributed by atoms with Crippen LogP contribution in [0.4, 0.5) is 5.88 Å². The van der Waals surface area contributed by atoms with Crippen molar-refractivity contribution in [1.82, 2.24) is 10.1 Å². The average molecular weight is 347 g/mol. The first kappa shape index (κ1) is 15.6. The Morgan fingerprint density at radius 2 is 2.29 bits per heavy atom. The molecule has 122 valence electrons. The van der Waals surface area contributed by atoms with Gasteiger partial charge in [-0.25, -0.2) is 4.79 Å². The van der Waals surface area contributed by atoms with Gasteiger partial charge in [-0.15, -0.1) is 11.3 Å². The molecular formula is C14H9N3O6S. The predicted octanol–water partition coefficient (Wildman–Crippen LogP) is 3.06. The fraction of sp³-hybridized carbons (Fsp3) is 0.0714. The van der Waals surface area contributed by atoms with Gasteiger partial charge in [0.05, 0.1) is 10.9 Å². The van der Waals surface area contributed by atoms with Crippen molar-refractivity contribution in [2.24, 2.45) is 0 Å². The van der Waals surface area contributed by atoms with Crippen LogP contribution in [0.5, 0.6) is 0 Å². The van der Waals surface area contributed by atoms with E-state index in [0.717, 1.165) is 11.0 Å². The van der Waals surface area contributed by atoms with Crippen molar-refractivity contribution in [2.45, 2.75) is 6.61 Å². The SMILES string of the molecule is O=C(/C=C/c1ccc([N+](=O)[O-])o1)OCc1nc(-c2cccs2)no1. The number of hydrogen-bond acceptors (Lipinski definition) is 9. The lowest BCUT2D eigenvalue weighted by Crippen LogP contribution is -2.00. The molecule has 0 saturated heterocycles. The van der Waals surface area contributed by atoms with Crippen molar-refractivity contribution >= 4 is 29.3 Å². The Kier molecular flexibility index (Phi) is 4.47. The Hall–Kier alpha value is -3.27. The van der Waals surface area contributed by atoms with Crippen molar-refractivity contribution in [2.75, 3.05) is 0 Å². The van der Waals surface area contributed by atoms with Crippen LogP contribution in [0.2, 0.25) is 0 Å². The Bertz CT molecular complexity index is 880. The lowest BCUT2D eigenvalue weighted by molar-refractivity contribution is -0.402. The number of nitro groups is 1. The van der Waals surface area contributed by atoms with Crippen LogP contribution in [-0.4, -0.2) is 21.0 Å². The van der Waals surface area contributed by atoms with Gasteiger partial charge in [0.2, 0.25) is 5.82 Å². The number of esters is 1. The quantitative estimate of drug-likeness (QED) is 0.288. The minimum Gasteiger partial charge on any atom is -0.452 e. The summed E-state index contributed by atoms with van der Waals surface area (Å²) in [5.41, 5.74) is 0. The fourth-order valence-corrected chi connectivity index (χ4v) is 2.33. The molecule has 0 saturated carbocycles. The summed E-state index contributed by atoms with van der Waals surface area (Å²) < 4.78 is 14.8. The number of carbonyl (C=O) groups is 1. The summed E-state index contributed by atoms with van der Waals surface area (Å²) >= 11 is 1.46. The largest absolute Gasteiger partial charge is 0.452 e. The maximum atomic E-state index is 11.6. The van der Waals surface area contributed by atoms with Gasteiger partial charge in [0.1, 0.15) is 10.7 Å². The van der Waals surface area contributed by atoms with E-state index >= 15 is 0 Å². The van der Waals surface area contributed by atoms with Crippen molar-refractivity contribution < 1.29 is 23.4 Å². The van der Waals surface area contributed by atoms with Gasteiger partial charge in [-0.3, -0.25) is 10.1 Å². The van der Waals surface area contributed by atoms with E-state index < -0.39 is 16.8 Å². The molecule has 9 nitrogen and oxygen atoms in total. The van der Waals surface area contributed by atoms with Crippen LogP contribution in [-0.2, 0) is 16.1 Å². The number of furan rings is 1. The third-order valence-corrected chi connectivity index (χ3v) is 3.59. The molecule has 3 aromatic rings. The molecule has 0 N–H and O–H groups in total. The molecule has 0 spiro atoms. The summed E-state index contributed by atoms with van der Waals surface area (Å²) in [7, 11) is 0. The molecule has 0 aromatic carbocycles. The number of hydrogen-bond donors (Lipinski definition) is 0. The number of thiophene rings is 1. The van der Waals surface area contributed by atoms with Gasteiger partial charge < -0.3 is 13.7 Å². The van der Waals surface area contributed by atoms with Crippen LogP contribution in [0.3, 0.4) is 0 Å². The first-order valence-electron chi connectivity index (χ1n) is 6.57. The molecule has 0 amide bonds. The normalized spacial score (nSPS) is 11.0. The topological polar surface area (TPSA) is 122 Å². The second-order valence-electron chi connectivity index (χ2n) is 4.36. The summed E-state index contributed by atoms with van der Waals surface area (Å²) in [6.45, 7) is -0.181. The highest BCUT2D eigenvalue weighted by atomic mass is 32.1. The van der Waals surface area contributed by atoms with E-state index in [1.54, 1.807) is 0 Å². The number of aromatic nitrogens is 2. The summed E-state index contributed by atoms with van der Waals surface area (Å²) in [6.07, 6.45) is 2.35. The van der Waals surface area contributed by atoms with E-state index in [0.29, 0.717) is 5.82 Å². The highest BCUT2D eigenvalue weighted by Crippen LogP contribution is 2.21. The molecule has 3 rings (SSSR count). The van der Waals surface area contributed by atoms with Crippen LogP contribution in [0.25, 0.3) is 16.8 Å². The van der Waals surface area contributed by atoms with E-state index in [-0.39, 0.29) is 18.3 Å². The third kappa shape index (κ3) is 3.73. The first-order chi connectivity index (χ1) is 11.6. The van der Waals surface area contributed by atoms with Gasteiger partial charge in [-0.1, -0.05) is 11.2 Å². The monoisotopic (exact) mass is 347 g/mol. The number of carbonyl (C=O) groups excluding carboxylic acids is 1. The molecule has 0 aliphatic carbocycles. The van der Waals surface area contributed by atoms with Crippen molar-refractivity contribution in [1.29, 1.82) is 0 Å². The highest BCUT2D eigenvalue weighted by molar-refractivity contribution is 7.13. The van der Waals surface area contributed by atoms with Crippen molar-refractivity contribution in [3.63, 3.8) is 0 Å². The Morgan fingerprint density at radius 3 is 3.00 bits per heavy atom. The molecule has 24 heavy (non-hydrogen) atoms. The van der Waals surface area contributed by atoms with Crippen LogP contribution in [0, 0.1) is 10.1 Å². The summed E-state index contributed by atoms with van der Waals surface area (Å²) in [6, 6.07) is 6.26. The second-order valence-corrected chi connectivity index (χ2v) is 5.31. The van der Waals surface area contributed by atoms with Gasteiger partial charge in [-0.05, 0) is 23.6 Å². The lowest BCUT2D eigenvalue weighted by Gasteiger charge is -1.95. The van der Waals surface area contributed by atoms with Crippen LogP contribution >= 0.6 is 11.3 Å². The van der Waals surface area contributed by atoms with E-state index in [1.165, 1.54) is 29.5 Å². The highest BCUT2D eigenvalue weighted by Gasteiger charge is 2.12. The van der Waals surface area contributed by atoms with Gasteiger partial charge in [-0.2, -0.15) is 4.98 Å². The first-order valence-corrected chi connectivity index (χ1v) is 7.45. The van der Waals surface area contributed by atoms with E-state index in [2.05, 4.69) is 10.1 Å². The van der Waals surface area contributed by atoms with Crippen molar-refractivity contribution in [3.05, 3.63) is 57.5 Å². The molecule has 0 fully saturated rings. The molecule has 10 heteroatoms. The smallest absolute Gasteiger partial charge is 0.433 e. The Labute approximate surface area is 138 Å². The van der Waals surface area contributed by atoms with Gasteiger partial charge in [0.25, 0.3) is 5.89 Å². The van der Waals surface area contributed by atoms with E-state index in [9.17, 15) is 14.9 Å². The van der Waals surface area contributed by atoms with Crippen LogP contribution in [0.15, 0.2) is 44.7 Å². The fourth-order valence-electron chi connectivity index (χ4n) is 1.68. The minimum atomic E-state index is -0.676. The molecule has 0 unspecified atom stereocenters. The second kappa shape index (κ2) is 6.87. The number of ether oxygens (including phenoxy) is 1. The summed E-state index contributed by atoms with van der Waals surface area (Å²) in [4.78, 5) is 26.3. The molecule has 0 aliphatic heterocycles. The zero-order valence-electron chi connectivity index (χ0n) is 11.9. The zero-order valence-corrected chi connectivity index (χ0v) is 12.8. The average Bonchev–Trinajstić information content (AvgIpc) is 3.31. The molecule has 0 bridgehead atoms. The molecule has 0 atom stereocenters. The lowest BCUT2D eigenvalue weighted by atomic mass is 10.4. The maximum Gasteiger partial charge on any atom is 0.433 e. The van der Waals surface area contributed by atoms with Gasteiger partial charge >= 0.3 is 11.9 Å². The number of rotatable bonds is 6. The summed E-state index contributed by atoms with van der Waals surface area (Å²) in [5, 5.41) is 16.1. The van der Waals surface area contributed by atoms with E-state index in [1.807, 2.05) is 17.5 Å². The molecular weight excluding hydrogens is 338 g/mol. The van der Waals surface area contributed by atoms with Crippen LogP contribution < -0.4 is 0 Å². The van der Waals surface area contributed by atoms with Crippen LogP contribution in [0.1, 0.15) is 11.7 Å². The Morgan fingerprint density at radius 1 is 1.42 bits per heavy atom. The summed E-state index contributed by atoms with van der Waals surface area (Å²) in [5.74, 6) is -0.334. The molecule has 3 heterocycles. The standard InChI is InChI=1S/C14H9N3O6S/c18-13(6-4-9-3-5-12(22-9)17(19)20)21-8-11-15-14(16-23-11)10-2-1-7-24-10/h1-7H,8H2/b6-4+.